The summed E-state index contributed by atoms with van der Waals surface area (Å²) in [5.74, 6) is -6.88. The maximum absolute atomic E-state index is 13.9. The molecule has 7 heteroatoms. The Kier molecular flexibility index (Phi) is 5.00. The SMILES string of the molecule is CN1C[C@H](c2ccc(C#N)cc2)[C@@H](C(=O)Cc2ccc(F)c(F)c2F)C1=O. The van der Waals surface area contributed by atoms with E-state index in [9.17, 15) is 22.8 Å². The van der Waals surface area contributed by atoms with Gasteiger partial charge in [0.05, 0.1) is 11.6 Å². The molecular weight excluding hydrogens is 357 g/mol. The van der Waals surface area contributed by atoms with Crippen LogP contribution < -0.4 is 0 Å². The van der Waals surface area contributed by atoms with Gasteiger partial charge in [0.25, 0.3) is 0 Å². The van der Waals surface area contributed by atoms with Crippen LogP contribution in [0.3, 0.4) is 0 Å². The molecule has 2 aromatic carbocycles. The van der Waals surface area contributed by atoms with E-state index in [4.69, 9.17) is 5.26 Å². The van der Waals surface area contributed by atoms with Gasteiger partial charge in [0.1, 0.15) is 11.7 Å². The van der Waals surface area contributed by atoms with Gasteiger partial charge in [-0.05, 0) is 29.3 Å². The zero-order valence-corrected chi connectivity index (χ0v) is 14.4. The van der Waals surface area contributed by atoms with Crippen molar-refractivity contribution < 1.29 is 22.8 Å². The monoisotopic (exact) mass is 372 g/mol. The number of nitriles is 1. The number of carbonyl (C=O) groups excluding carboxylic acids is 2. The Labute approximate surface area is 153 Å². The van der Waals surface area contributed by atoms with E-state index in [1.54, 1.807) is 31.3 Å². The predicted octanol–water partition coefficient (Wildman–Crippen LogP) is 2.96. The third-order valence-electron chi connectivity index (χ3n) is 4.81. The Balaban J connectivity index is 1.89. The lowest BCUT2D eigenvalue weighted by molar-refractivity contribution is -0.136. The molecule has 0 saturated carbocycles. The van der Waals surface area contributed by atoms with E-state index in [1.807, 2.05) is 6.07 Å². The van der Waals surface area contributed by atoms with Crippen LogP contribution in [0.15, 0.2) is 36.4 Å². The number of rotatable bonds is 4. The Morgan fingerprint density at radius 2 is 1.81 bits per heavy atom. The van der Waals surface area contributed by atoms with Gasteiger partial charge < -0.3 is 4.90 Å². The molecule has 0 unspecified atom stereocenters. The number of halogens is 3. The molecule has 0 N–H and O–H groups in total. The molecule has 0 bridgehead atoms. The van der Waals surface area contributed by atoms with Gasteiger partial charge in [0, 0.05) is 25.9 Å². The third kappa shape index (κ3) is 3.43. The van der Waals surface area contributed by atoms with Crippen molar-refractivity contribution in [2.24, 2.45) is 5.92 Å². The number of hydrogen-bond acceptors (Lipinski definition) is 3. The summed E-state index contributed by atoms with van der Waals surface area (Å²) < 4.78 is 40.4. The Morgan fingerprint density at radius 1 is 1.15 bits per heavy atom. The van der Waals surface area contributed by atoms with Crippen LogP contribution in [0.1, 0.15) is 22.6 Å². The van der Waals surface area contributed by atoms with Crippen molar-refractivity contribution in [3.63, 3.8) is 0 Å². The summed E-state index contributed by atoms with van der Waals surface area (Å²) in [5.41, 5.74) is 0.860. The highest BCUT2D eigenvalue weighted by atomic mass is 19.2. The summed E-state index contributed by atoms with van der Waals surface area (Å²) in [6, 6.07) is 10.3. The minimum atomic E-state index is -1.64. The van der Waals surface area contributed by atoms with Gasteiger partial charge in [0.2, 0.25) is 5.91 Å². The minimum Gasteiger partial charge on any atom is -0.344 e. The molecule has 4 nitrogen and oxygen atoms in total. The molecule has 0 spiro atoms. The molecule has 27 heavy (non-hydrogen) atoms. The number of Topliss-reactive ketones (excluding diaryl/α,β-unsaturated/α-hetero) is 1. The van der Waals surface area contributed by atoms with Gasteiger partial charge in [-0.3, -0.25) is 9.59 Å². The first-order chi connectivity index (χ1) is 12.8. The molecule has 1 aliphatic heterocycles. The van der Waals surface area contributed by atoms with Crippen LogP contribution in [0.2, 0.25) is 0 Å². The van der Waals surface area contributed by atoms with E-state index < -0.39 is 47.4 Å². The fourth-order valence-corrected chi connectivity index (χ4v) is 3.36. The van der Waals surface area contributed by atoms with E-state index in [1.165, 1.54) is 4.90 Å². The molecule has 2 aromatic rings. The number of ketones is 1. The van der Waals surface area contributed by atoms with Crippen molar-refractivity contribution in [3.05, 3.63) is 70.5 Å². The average Bonchev–Trinajstić information content (AvgIpc) is 2.97. The molecule has 0 radical (unpaired) electrons. The van der Waals surface area contributed by atoms with E-state index in [0.29, 0.717) is 17.7 Å². The largest absolute Gasteiger partial charge is 0.344 e. The molecular formula is C20H15F3N2O2. The summed E-state index contributed by atoms with van der Waals surface area (Å²) >= 11 is 0. The zero-order chi connectivity index (χ0) is 19.7. The van der Waals surface area contributed by atoms with Crippen LogP contribution in [0.25, 0.3) is 0 Å². The second-order valence-electron chi connectivity index (χ2n) is 6.51. The number of likely N-dealkylation sites (tertiary alicyclic amines) is 1. The van der Waals surface area contributed by atoms with Crippen molar-refractivity contribution in [2.75, 3.05) is 13.6 Å². The highest BCUT2D eigenvalue weighted by Crippen LogP contribution is 2.34. The van der Waals surface area contributed by atoms with Crippen molar-refractivity contribution >= 4 is 11.7 Å². The van der Waals surface area contributed by atoms with E-state index >= 15 is 0 Å². The predicted molar refractivity (Wildman–Crippen MR) is 90.1 cm³/mol. The molecule has 1 heterocycles. The first kappa shape index (κ1) is 18.6. The normalized spacial score (nSPS) is 19.2. The smallest absolute Gasteiger partial charge is 0.233 e. The molecule has 1 amide bonds. The fourth-order valence-electron chi connectivity index (χ4n) is 3.36. The van der Waals surface area contributed by atoms with Crippen LogP contribution in [0.4, 0.5) is 13.2 Å². The second-order valence-corrected chi connectivity index (χ2v) is 6.51. The quantitative estimate of drug-likeness (QED) is 0.612. The van der Waals surface area contributed by atoms with Crippen molar-refractivity contribution in [1.82, 2.24) is 4.90 Å². The number of benzene rings is 2. The van der Waals surface area contributed by atoms with Crippen molar-refractivity contribution in [3.8, 4) is 6.07 Å². The number of nitrogens with zero attached hydrogens (tertiary/aromatic N) is 2. The first-order valence-corrected chi connectivity index (χ1v) is 8.23. The highest BCUT2D eigenvalue weighted by Gasteiger charge is 2.43. The van der Waals surface area contributed by atoms with Gasteiger partial charge in [-0.25, -0.2) is 13.2 Å². The lowest BCUT2D eigenvalue weighted by Gasteiger charge is -2.16. The lowest BCUT2D eigenvalue weighted by atomic mass is 9.83. The highest BCUT2D eigenvalue weighted by molar-refractivity contribution is 6.04. The van der Waals surface area contributed by atoms with Crippen LogP contribution in [-0.2, 0) is 16.0 Å². The molecule has 1 fully saturated rings. The van der Waals surface area contributed by atoms with E-state index in [-0.39, 0.29) is 5.56 Å². The number of carbonyl (C=O) groups is 2. The maximum Gasteiger partial charge on any atom is 0.233 e. The number of hydrogen-bond donors (Lipinski definition) is 0. The number of likely N-dealkylation sites (N-methyl/N-ethyl adjacent to an activating group) is 1. The van der Waals surface area contributed by atoms with Gasteiger partial charge in [-0.1, -0.05) is 18.2 Å². The van der Waals surface area contributed by atoms with Crippen LogP contribution in [0, 0.1) is 34.7 Å². The Hall–Kier alpha value is -3.14. The van der Waals surface area contributed by atoms with Gasteiger partial charge in [0.15, 0.2) is 17.5 Å². The Morgan fingerprint density at radius 3 is 2.44 bits per heavy atom. The molecule has 1 aliphatic rings. The first-order valence-electron chi connectivity index (χ1n) is 8.23. The average molecular weight is 372 g/mol. The minimum absolute atomic E-state index is 0.292. The number of amides is 1. The summed E-state index contributed by atoms with van der Waals surface area (Å²) in [5, 5.41) is 8.89. The lowest BCUT2D eigenvalue weighted by Crippen LogP contribution is -2.29. The molecule has 0 aliphatic carbocycles. The standard InChI is InChI=1S/C20H15F3N2O2/c1-25-10-14(12-4-2-11(9-24)3-5-12)17(20(25)27)16(26)8-13-6-7-15(21)19(23)18(13)22/h2-7,14,17H,8,10H2,1H3/t14-,17+/m1/s1. The second kappa shape index (κ2) is 7.23. The molecule has 138 valence electrons. The third-order valence-corrected chi connectivity index (χ3v) is 4.81. The molecule has 2 atom stereocenters. The molecule has 0 aromatic heterocycles. The molecule has 1 saturated heterocycles. The maximum atomic E-state index is 13.9. The van der Waals surface area contributed by atoms with Gasteiger partial charge in [-0.15, -0.1) is 0 Å². The van der Waals surface area contributed by atoms with Crippen LogP contribution in [0.5, 0.6) is 0 Å². The van der Waals surface area contributed by atoms with Crippen LogP contribution >= 0.6 is 0 Å². The van der Waals surface area contributed by atoms with Gasteiger partial charge in [-0.2, -0.15) is 5.26 Å². The fraction of sp³-hybridized carbons (Fsp3) is 0.250. The van der Waals surface area contributed by atoms with Crippen LogP contribution in [-0.4, -0.2) is 30.2 Å². The van der Waals surface area contributed by atoms with E-state index in [0.717, 1.165) is 12.1 Å². The summed E-state index contributed by atoms with van der Waals surface area (Å²) in [6.07, 6.45) is -0.514. The van der Waals surface area contributed by atoms with Crippen molar-refractivity contribution in [1.29, 1.82) is 5.26 Å². The van der Waals surface area contributed by atoms with E-state index in [2.05, 4.69) is 0 Å². The topological polar surface area (TPSA) is 61.2 Å². The summed E-state index contributed by atoms with van der Waals surface area (Å²) in [7, 11) is 1.56. The molecule has 3 rings (SSSR count). The van der Waals surface area contributed by atoms with Crippen molar-refractivity contribution in [2.45, 2.75) is 12.3 Å². The Bertz CT molecular complexity index is 951. The summed E-state index contributed by atoms with van der Waals surface area (Å²) in [6.45, 7) is 0.293. The summed E-state index contributed by atoms with van der Waals surface area (Å²) in [4.78, 5) is 26.6. The zero-order valence-electron chi connectivity index (χ0n) is 14.4. The van der Waals surface area contributed by atoms with Gasteiger partial charge >= 0.3 is 0 Å².